The Labute approximate surface area is 37.3 Å². The molecule has 0 aromatic rings. The van der Waals surface area contributed by atoms with Crippen molar-refractivity contribution in [3.05, 3.63) is 0 Å². The van der Waals surface area contributed by atoms with Crippen LogP contribution in [0.3, 0.4) is 0 Å². The van der Waals surface area contributed by atoms with Crippen molar-refractivity contribution in [3.8, 4) is 0 Å². The van der Waals surface area contributed by atoms with Crippen molar-refractivity contribution in [1.29, 1.82) is 0 Å². The molecule has 0 spiro atoms. The molecule has 0 N–H and O–H groups in total. The highest BCUT2D eigenvalue weighted by Gasteiger charge is 2.40. The molecule has 0 rings (SSSR count). The molecule has 0 saturated heterocycles. The summed E-state index contributed by atoms with van der Waals surface area (Å²) in [7, 11) is 0. The van der Waals surface area contributed by atoms with E-state index in [9.17, 15) is 22.0 Å². The molecule has 0 amide bonds. The number of hydrogen-bond donors (Lipinski definition) is 0. The summed E-state index contributed by atoms with van der Waals surface area (Å²) >= 11 is 0. The Balaban J connectivity index is 4.02. The fraction of sp³-hybridized carbons (Fsp3) is 1.00. The third-order valence-electron chi connectivity index (χ3n) is 0.214. The highest BCUT2D eigenvalue weighted by molar-refractivity contribution is 4.48. The second-order valence-electron chi connectivity index (χ2n) is 0.758. The minimum absolute atomic E-state index is 5.12. The van der Waals surface area contributed by atoms with E-state index < -0.39 is 12.6 Å². The van der Waals surface area contributed by atoms with Crippen molar-refractivity contribution in [2.24, 2.45) is 0 Å². The van der Waals surface area contributed by atoms with Crippen LogP contribution in [0.25, 0.3) is 0 Å². The van der Waals surface area contributed by atoms with Crippen molar-refractivity contribution in [3.63, 3.8) is 0 Å². The molecular formula is C2HF5. The molecular weight excluding hydrogens is 119 g/mol. The van der Waals surface area contributed by atoms with E-state index in [1.165, 1.54) is 0 Å². The highest BCUT2D eigenvalue weighted by Crippen LogP contribution is 2.22. The van der Waals surface area contributed by atoms with Crippen LogP contribution in [-0.4, -0.2) is 12.6 Å². The fourth-order valence-electron chi connectivity index (χ4n) is 0. The van der Waals surface area contributed by atoms with Crippen LogP contribution < -0.4 is 0 Å². The highest BCUT2D eigenvalue weighted by atomic mass is 19.4. The molecule has 0 heterocycles. The Morgan fingerprint density at radius 1 is 1.29 bits per heavy atom. The molecule has 44 valence electrons. The van der Waals surface area contributed by atoms with Crippen molar-refractivity contribution in [2.45, 2.75) is 12.6 Å². The maximum absolute atomic E-state index is 10.8. The first-order valence-electron chi connectivity index (χ1n) is 1.69. The van der Waals surface area contributed by atoms with Gasteiger partial charge >= 0.3 is 12.6 Å². The second-order valence-corrected chi connectivity index (χ2v) is 0.758. The van der Waals surface area contributed by atoms with Gasteiger partial charge in [0.1, 0.15) is 1.37 Å². The summed E-state index contributed by atoms with van der Waals surface area (Å²) in [6.07, 6.45) is -11.0. The monoisotopic (exact) mass is 121 g/mol. The lowest BCUT2D eigenvalue weighted by Crippen LogP contribution is -2.18. The molecule has 0 aliphatic carbocycles. The molecule has 5 heteroatoms. The normalized spacial score (nSPS) is 16.4. The molecule has 0 bridgehead atoms. The topological polar surface area (TPSA) is 0 Å². The Bertz CT molecular complexity index is 65.4. The summed E-state index contributed by atoms with van der Waals surface area (Å²) in [4.78, 5) is 0. The Kier molecular flexibility index (Phi) is 1.12. The average molecular weight is 121 g/mol. The van der Waals surface area contributed by atoms with Crippen molar-refractivity contribution < 1.29 is 23.3 Å². The fourth-order valence-corrected chi connectivity index (χ4v) is 0. The standard InChI is InChI=1S/C2HF5/c3-1(4)2(5,6)7/h1H/i1D. The Morgan fingerprint density at radius 2 is 1.43 bits per heavy atom. The number of rotatable bonds is 0. The van der Waals surface area contributed by atoms with E-state index in [0.717, 1.165) is 0 Å². The van der Waals surface area contributed by atoms with Gasteiger partial charge in [-0.05, 0) is 0 Å². The third-order valence-corrected chi connectivity index (χ3v) is 0.214. The molecule has 0 saturated carbocycles. The molecule has 0 aliphatic heterocycles. The lowest BCUT2D eigenvalue weighted by molar-refractivity contribution is -0.219. The van der Waals surface area contributed by atoms with Gasteiger partial charge in [-0.15, -0.1) is 0 Å². The van der Waals surface area contributed by atoms with E-state index in [-0.39, 0.29) is 0 Å². The second kappa shape index (κ2) is 1.63. The average Bonchev–Trinajstić information content (AvgIpc) is 1.25. The van der Waals surface area contributed by atoms with Crippen LogP contribution in [0.4, 0.5) is 22.0 Å². The molecule has 0 aromatic heterocycles. The minimum atomic E-state index is -5.73. The first-order valence-corrected chi connectivity index (χ1v) is 1.19. The van der Waals surface area contributed by atoms with E-state index in [4.69, 9.17) is 1.37 Å². The first-order chi connectivity index (χ1) is 3.25. The van der Waals surface area contributed by atoms with E-state index in [2.05, 4.69) is 0 Å². The minimum Gasteiger partial charge on any atom is -0.200 e. The van der Waals surface area contributed by atoms with E-state index in [0.29, 0.717) is 0 Å². The Morgan fingerprint density at radius 3 is 1.43 bits per heavy atom. The quantitative estimate of drug-likeness (QED) is 0.429. The predicted octanol–water partition coefficient (Wildman–Crippen LogP) is 1.81. The van der Waals surface area contributed by atoms with Gasteiger partial charge in [-0.1, -0.05) is 0 Å². The van der Waals surface area contributed by atoms with Crippen molar-refractivity contribution in [1.82, 2.24) is 0 Å². The molecule has 7 heavy (non-hydrogen) atoms. The van der Waals surface area contributed by atoms with Crippen LogP contribution in [0.2, 0.25) is 0 Å². The van der Waals surface area contributed by atoms with Gasteiger partial charge < -0.3 is 0 Å². The van der Waals surface area contributed by atoms with Gasteiger partial charge in [-0.2, -0.15) is 13.2 Å². The maximum Gasteiger partial charge on any atom is 0.450 e. The number of hydrogen-bond acceptors (Lipinski definition) is 0. The van der Waals surface area contributed by atoms with E-state index in [1.807, 2.05) is 0 Å². The molecule has 0 aromatic carbocycles. The van der Waals surface area contributed by atoms with Gasteiger partial charge in [0.05, 0.1) is 0 Å². The van der Waals surface area contributed by atoms with Crippen molar-refractivity contribution in [2.75, 3.05) is 0 Å². The smallest absolute Gasteiger partial charge is 0.200 e. The summed E-state index contributed by atoms with van der Waals surface area (Å²) in [6, 6.07) is 0. The van der Waals surface area contributed by atoms with Crippen molar-refractivity contribution >= 4 is 0 Å². The summed E-state index contributed by atoms with van der Waals surface area (Å²) < 4.78 is 58.5. The largest absolute Gasteiger partial charge is 0.450 e. The van der Waals surface area contributed by atoms with Gasteiger partial charge in [0.2, 0.25) is 0 Å². The maximum atomic E-state index is 10.8. The van der Waals surface area contributed by atoms with Crippen LogP contribution in [0.15, 0.2) is 0 Å². The van der Waals surface area contributed by atoms with Gasteiger partial charge in [0, 0.05) is 0 Å². The summed E-state index contributed by atoms with van der Waals surface area (Å²) in [5, 5.41) is 0. The number of halogens is 5. The van der Waals surface area contributed by atoms with Crippen LogP contribution in [-0.2, 0) is 0 Å². The van der Waals surface area contributed by atoms with E-state index in [1.54, 1.807) is 0 Å². The molecule has 0 aliphatic rings. The van der Waals surface area contributed by atoms with E-state index >= 15 is 0 Å². The van der Waals surface area contributed by atoms with Crippen LogP contribution in [0, 0.1) is 0 Å². The third kappa shape index (κ3) is 2.36. The molecule has 0 radical (unpaired) electrons. The molecule has 0 fully saturated rings. The first kappa shape index (κ1) is 4.80. The zero-order chi connectivity index (χ0) is 7.00. The zero-order valence-corrected chi connectivity index (χ0v) is 2.89. The predicted molar refractivity (Wildman–Crippen MR) is 12.1 cm³/mol. The van der Waals surface area contributed by atoms with Crippen LogP contribution in [0.1, 0.15) is 1.37 Å². The van der Waals surface area contributed by atoms with Gasteiger partial charge in [0.25, 0.3) is 0 Å². The number of alkyl halides is 5. The zero-order valence-electron chi connectivity index (χ0n) is 3.89. The summed E-state index contributed by atoms with van der Waals surface area (Å²) in [5.41, 5.74) is 0. The SMILES string of the molecule is [2H]C(F)(F)C(F)(F)F. The summed E-state index contributed by atoms with van der Waals surface area (Å²) in [5.74, 6) is 0. The lowest BCUT2D eigenvalue weighted by atomic mass is 10.7. The van der Waals surface area contributed by atoms with Gasteiger partial charge in [-0.3, -0.25) is 0 Å². The molecule has 0 nitrogen and oxygen atoms in total. The molecule has 0 unspecified atom stereocenters. The van der Waals surface area contributed by atoms with Gasteiger partial charge in [0.15, 0.2) is 0 Å². The Hall–Kier alpha value is -0.350. The van der Waals surface area contributed by atoms with Gasteiger partial charge in [-0.25, -0.2) is 8.78 Å². The van der Waals surface area contributed by atoms with Crippen LogP contribution in [0.5, 0.6) is 0 Å². The molecule has 0 atom stereocenters. The van der Waals surface area contributed by atoms with Crippen LogP contribution >= 0.6 is 0 Å². The summed E-state index contributed by atoms with van der Waals surface area (Å²) in [6.45, 7) is 0. The lowest BCUT2D eigenvalue weighted by Gasteiger charge is -2.00.